The number of hydrogen-bond acceptors (Lipinski definition) is 4. The lowest BCUT2D eigenvalue weighted by molar-refractivity contribution is 0.146. The van der Waals surface area contributed by atoms with Gasteiger partial charge in [-0.05, 0) is 35.4 Å². The summed E-state index contributed by atoms with van der Waals surface area (Å²) in [4.78, 5) is 0.325. The SMILES string of the molecule is COCCOc1ccc(-c2ccc(S(C)(=O)=O)cc2)cc1. The van der Waals surface area contributed by atoms with E-state index >= 15 is 0 Å². The first-order chi connectivity index (χ1) is 10.0. The van der Waals surface area contributed by atoms with E-state index in [-0.39, 0.29) is 0 Å². The molecule has 0 spiro atoms. The standard InChI is InChI=1S/C16H18O4S/c1-19-11-12-20-15-7-3-13(4-8-15)14-5-9-16(10-6-14)21(2,17)18/h3-10H,11-12H2,1-2H3. The second kappa shape index (κ2) is 6.74. The molecule has 0 aliphatic heterocycles. The van der Waals surface area contributed by atoms with Crippen molar-refractivity contribution in [2.24, 2.45) is 0 Å². The molecule has 0 radical (unpaired) electrons. The third kappa shape index (κ3) is 4.31. The first-order valence-electron chi connectivity index (χ1n) is 6.53. The minimum Gasteiger partial charge on any atom is -0.491 e. The summed E-state index contributed by atoms with van der Waals surface area (Å²) in [5.41, 5.74) is 1.97. The zero-order valence-corrected chi connectivity index (χ0v) is 12.9. The second-order valence-corrected chi connectivity index (χ2v) is 6.68. The highest BCUT2D eigenvalue weighted by molar-refractivity contribution is 7.90. The van der Waals surface area contributed by atoms with E-state index in [9.17, 15) is 8.42 Å². The summed E-state index contributed by atoms with van der Waals surface area (Å²) in [6.07, 6.45) is 1.20. The van der Waals surface area contributed by atoms with E-state index in [4.69, 9.17) is 9.47 Å². The number of hydrogen-bond donors (Lipinski definition) is 0. The van der Waals surface area contributed by atoms with Crippen molar-refractivity contribution in [1.82, 2.24) is 0 Å². The highest BCUT2D eigenvalue weighted by Gasteiger charge is 2.06. The van der Waals surface area contributed by atoms with Gasteiger partial charge in [0.05, 0.1) is 11.5 Å². The van der Waals surface area contributed by atoms with Gasteiger partial charge in [0.2, 0.25) is 0 Å². The minimum atomic E-state index is -3.15. The van der Waals surface area contributed by atoms with Gasteiger partial charge in [-0.15, -0.1) is 0 Å². The predicted octanol–water partition coefficient (Wildman–Crippen LogP) is 2.78. The summed E-state index contributed by atoms with van der Waals surface area (Å²) in [6, 6.07) is 14.5. The van der Waals surface area contributed by atoms with Crippen LogP contribution in [0.2, 0.25) is 0 Å². The molecule has 0 saturated carbocycles. The number of sulfone groups is 1. The summed E-state index contributed by atoms with van der Waals surface area (Å²) in [5, 5.41) is 0. The van der Waals surface area contributed by atoms with Crippen molar-refractivity contribution in [3.05, 3.63) is 48.5 Å². The van der Waals surface area contributed by atoms with Crippen molar-refractivity contribution in [2.45, 2.75) is 4.90 Å². The van der Waals surface area contributed by atoms with Gasteiger partial charge in [-0.2, -0.15) is 0 Å². The number of methoxy groups -OCH3 is 1. The van der Waals surface area contributed by atoms with Crippen LogP contribution in [0.1, 0.15) is 0 Å². The van der Waals surface area contributed by atoms with Crippen molar-refractivity contribution in [3.8, 4) is 16.9 Å². The zero-order valence-electron chi connectivity index (χ0n) is 12.1. The van der Waals surface area contributed by atoms with Crippen LogP contribution in [0.25, 0.3) is 11.1 Å². The zero-order chi connectivity index (χ0) is 15.3. The highest BCUT2D eigenvalue weighted by atomic mass is 32.2. The summed E-state index contributed by atoms with van der Waals surface area (Å²) in [5.74, 6) is 0.781. The Morgan fingerprint density at radius 3 is 1.86 bits per heavy atom. The van der Waals surface area contributed by atoms with Crippen LogP contribution in [0, 0.1) is 0 Å². The monoisotopic (exact) mass is 306 g/mol. The summed E-state index contributed by atoms with van der Waals surface area (Å²) in [6.45, 7) is 1.06. The molecule has 21 heavy (non-hydrogen) atoms. The minimum absolute atomic E-state index is 0.325. The molecule has 0 aliphatic rings. The Morgan fingerprint density at radius 2 is 1.38 bits per heavy atom. The van der Waals surface area contributed by atoms with E-state index in [0.29, 0.717) is 18.1 Å². The number of benzene rings is 2. The van der Waals surface area contributed by atoms with Gasteiger partial charge in [0.1, 0.15) is 12.4 Å². The largest absolute Gasteiger partial charge is 0.491 e. The summed E-state index contributed by atoms with van der Waals surface area (Å²) < 4.78 is 33.3. The van der Waals surface area contributed by atoms with Crippen molar-refractivity contribution in [3.63, 3.8) is 0 Å². The van der Waals surface area contributed by atoms with Gasteiger partial charge in [-0.25, -0.2) is 8.42 Å². The quantitative estimate of drug-likeness (QED) is 0.770. The molecule has 0 unspecified atom stereocenters. The molecule has 0 amide bonds. The van der Waals surface area contributed by atoms with Crippen molar-refractivity contribution in [1.29, 1.82) is 0 Å². The molecule has 0 N–H and O–H groups in total. The molecule has 0 saturated heterocycles. The molecule has 2 aromatic rings. The normalized spacial score (nSPS) is 11.3. The molecule has 0 heterocycles. The smallest absolute Gasteiger partial charge is 0.175 e. The van der Waals surface area contributed by atoms with Gasteiger partial charge in [0.15, 0.2) is 9.84 Å². The lowest BCUT2D eigenvalue weighted by Crippen LogP contribution is -2.03. The Morgan fingerprint density at radius 1 is 0.857 bits per heavy atom. The van der Waals surface area contributed by atoms with Crippen molar-refractivity contribution >= 4 is 9.84 Å². The fourth-order valence-electron chi connectivity index (χ4n) is 1.88. The van der Waals surface area contributed by atoms with Gasteiger partial charge in [0, 0.05) is 13.4 Å². The summed E-state index contributed by atoms with van der Waals surface area (Å²) >= 11 is 0. The molecule has 112 valence electrons. The topological polar surface area (TPSA) is 52.6 Å². The van der Waals surface area contributed by atoms with Crippen molar-refractivity contribution in [2.75, 3.05) is 26.6 Å². The Labute approximate surface area is 125 Å². The average molecular weight is 306 g/mol. The van der Waals surface area contributed by atoms with Gasteiger partial charge >= 0.3 is 0 Å². The molecule has 5 heteroatoms. The molecule has 0 atom stereocenters. The van der Waals surface area contributed by atoms with Crippen LogP contribution in [-0.4, -0.2) is 35.0 Å². The fourth-order valence-corrected chi connectivity index (χ4v) is 2.51. The van der Waals surface area contributed by atoms with Gasteiger partial charge in [-0.3, -0.25) is 0 Å². The molecule has 0 fully saturated rings. The Kier molecular flexibility index (Phi) is 4.98. The fraction of sp³-hybridized carbons (Fsp3) is 0.250. The Hall–Kier alpha value is -1.85. The van der Waals surface area contributed by atoms with Crippen LogP contribution in [0.15, 0.2) is 53.4 Å². The maximum atomic E-state index is 11.4. The maximum Gasteiger partial charge on any atom is 0.175 e. The van der Waals surface area contributed by atoms with E-state index < -0.39 is 9.84 Å². The van der Waals surface area contributed by atoms with E-state index in [0.717, 1.165) is 16.9 Å². The van der Waals surface area contributed by atoms with Crippen LogP contribution in [0.5, 0.6) is 5.75 Å². The van der Waals surface area contributed by atoms with E-state index in [1.165, 1.54) is 6.26 Å². The average Bonchev–Trinajstić information content (AvgIpc) is 2.48. The summed E-state index contributed by atoms with van der Waals surface area (Å²) in [7, 11) is -1.52. The predicted molar refractivity (Wildman–Crippen MR) is 82.4 cm³/mol. The molecule has 4 nitrogen and oxygen atoms in total. The molecule has 0 aliphatic carbocycles. The van der Waals surface area contributed by atoms with E-state index in [1.54, 1.807) is 31.4 Å². The van der Waals surface area contributed by atoms with Crippen LogP contribution >= 0.6 is 0 Å². The third-order valence-electron chi connectivity index (χ3n) is 3.03. The highest BCUT2D eigenvalue weighted by Crippen LogP contribution is 2.23. The van der Waals surface area contributed by atoms with Crippen LogP contribution in [-0.2, 0) is 14.6 Å². The second-order valence-electron chi connectivity index (χ2n) is 4.66. The van der Waals surface area contributed by atoms with Crippen LogP contribution < -0.4 is 4.74 Å². The first-order valence-corrected chi connectivity index (χ1v) is 8.42. The van der Waals surface area contributed by atoms with Gasteiger partial charge < -0.3 is 9.47 Å². The molecule has 0 aromatic heterocycles. The maximum absolute atomic E-state index is 11.4. The molecule has 2 rings (SSSR count). The molecular formula is C16H18O4S. The number of rotatable bonds is 6. The third-order valence-corrected chi connectivity index (χ3v) is 4.15. The van der Waals surface area contributed by atoms with E-state index in [1.807, 2.05) is 24.3 Å². The van der Waals surface area contributed by atoms with Gasteiger partial charge in [0.25, 0.3) is 0 Å². The van der Waals surface area contributed by atoms with Crippen LogP contribution in [0.4, 0.5) is 0 Å². The number of ether oxygens (including phenoxy) is 2. The van der Waals surface area contributed by atoms with Crippen molar-refractivity contribution < 1.29 is 17.9 Å². The Bertz CT molecular complexity index is 673. The lowest BCUT2D eigenvalue weighted by Gasteiger charge is -2.07. The molecule has 0 bridgehead atoms. The molecular weight excluding hydrogens is 288 g/mol. The van der Waals surface area contributed by atoms with E-state index in [2.05, 4.69) is 0 Å². The molecule has 2 aromatic carbocycles. The lowest BCUT2D eigenvalue weighted by atomic mass is 10.1. The Balaban J connectivity index is 2.11. The first kappa shape index (κ1) is 15.5. The van der Waals surface area contributed by atoms with Gasteiger partial charge in [-0.1, -0.05) is 24.3 Å². The van der Waals surface area contributed by atoms with Crippen LogP contribution in [0.3, 0.4) is 0 Å².